The highest BCUT2D eigenvalue weighted by molar-refractivity contribution is 7.08. The van der Waals surface area contributed by atoms with E-state index in [4.69, 9.17) is 11.6 Å². The number of fused-ring (bicyclic) bond motifs is 1. The first-order chi connectivity index (χ1) is 9.15. The average Bonchev–Trinajstić information content (AvgIpc) is 2.91. The van der Waals surface area contributed by atoms with Crippen LogP contribution in [0.4, 0.5) is 5.69 Å². The highest BCUT2D eigenvalue weighted by Gasteiger charge is 2.12. The van der Waals surface area contributed by atoms with E-state index in [2.05, 4.69) is 9.97 Å². The molecule has 94 valence electrons. The van der Waals surface area contributed by atoms with Gasteiger partial charge in [-0.05, 0) is 17.5 Å². The molecule has 0 fully saturated rings. The van der Waals surface area contributed by atoms with Crippen molar-refractivity contribution in [3.8, 4) is 11.4 Å². The second kappa shape index (κ2) is 4.56. The number of rotatable bonds is 2. The Kier molecular flexibility index (Phi) is 2.88. The largest absolute Gasteiger partial charge is 0.271 e. The highest BCUT2D eigenvalue weighted by Crippen LogP contribution is 2.28. The van der Waals surface area contributed by atoms with Gasteiger partial charge >= 0.3 is 0 Å². The Morgan fingerprint density at radius 2 is 2.11 bits per heavy atom. The number of thiophene rings is 1. The fraction of sp³-hybridized carbons (Fsp3) is 0. The molecule has 0 amide bonds. The van der Waals surface area contributed by atoms with Crippen LogP contribution in [0.2, 0.25) is 5.15 Å². The maximum Gasteiger partial charge on any atom is 0.271 e. The molecule has 3 aromatic rings. The van der Waals surface area contributed by atoms with Gasteiger partial charge in [-0.25, -0.2) is 9.97 Å². The van der Waals surface area contributed by atoms with Crippen molar-refractivity contribution in [3.05, 3.63) is 50.3 Å². The van der Waals surface area contributed by atoms with Gasteiger partial charge in [0.05, 0.1) is 10.4 Å². The zero-order valence-electron chi connectivity index (χ0n) is 9.41. The molecule has 0 aliphatic heterocycles. The van der Waals surface area contributed by atoms with E-state index >= 15 is 0 Å². The van der Waals surface area contributed by atoms with E-state index in [1.807, 2.05) is 16.8 Å². The van der Waals surface area contributed by atoms with Crippen LogP contribution in [0.5, 0.6) is 0 Å². The van der Waals surface area contributed by atoms with Gasteiger partial charge in [-0.3, -0.25) is 10.1 Å². The van der Waals surface area contributed by atoms with Gasteiger partial charge in [0, 0.05) is 28.5 Å². The molecule has 0 spiro atoms. The van der Waals surface area contributed by atoms with Crippen molar-refractivity contribution in [1.29, 1.82) is 0 Å². The number of hydrogen-bond donors (Lipinski definition) is 0. The van der Waals surface area contributed by atoms with Crippen LogP contribution in [0, 0.1) is 10.1 Å². The van der Waals surface area contributed by atoms with Gasteiger partial charge in [0.15, 0.2) is 5.82 Å². The Balaban J connectivity index is 2.25. The number of non-ortho nitro benzene ring substituents is 1. The quantitative estimate of drug-likeness (QED) is 0.408. The summed E-state index contributed by atoms with van der Waals surface area (Å²) in [4.78, 5) is 18.9. The standard InChI is InChI=1S/C12H6ClN3O2S/c13-11-9-2-1-8(16(17)18)5-10(9)14-12(15-11)7-3-4-19-6-7/h1-6H. The zero-order chi connectivity index (χ0) is 13.4. The first kappa shape index (κ1) is 12.0. The number of aromatic nitrogens is 2. The molecule has 3 rings (SSSR count). The predicted octanol–water partition coefficient (Wildman–Crippen LogP) is 3.92. The van der Waals surface area contributed by atoms with E-state index in [0.717, 1.165) is 5.56 Å². The van der Waals surface area contributed by atoms with Crippen molar-refractivity contribution in [2.24, 2.45) is 0 Å². The molecular weight excluding hydrogens is 286 g/mol. The molecule has 0 bridgehead atoms. The fourth-order valence-electron chi connectivity index (χ4n) is 1.71. The first-order valence-electron chi connectivity index (χ1n) is 5.29. The van der Waals surface area contributed by atoms with Crippen molar-refractivity contribution in [3.63, 3.8) is 0 Å². The third-order valence-electron chi connectivity index (χ3n) is 2.62. The van der Waals surface area contributed by atoms with Crippen molar-refractivity contribution in [1.82, 2.24) is 9.97 Å². The number of benzene rings is 1. The lowest BCUT2D eigenvalue weighted by molar-refractivity contribution is -0.384. The molecular formula is C12H6ClN3O2S. The lowest BCUT2D eigenvalue weighted by Gasteiger charge is -2.03. The number of nitro groups is 1. The summed E-state index contributed by atoms with van der Waals surface area (Å²) in [5.41, 5.74) is 1.30. The monoisotopic (exact) mass is 291 g/mol. The number of nitrogens with zero attached hydrogens (tertiary/aromatic N) is 3. The van der Waals surface area contributed by atoms with Crippen LogP contribution >= 0.6 is 22.9 Å². The lowest BCUT2D eigenvalue weighted by atomic mass is 10.2. The molecule has 5 nitrogen and oxygen atoms in total. The summed E-state index contributed by atoms with van der Waals surface area (Å²) >= 11 is 7.62. The maximum atomic E-state index is 10.8. The molecule has 0 N–H and O–H groups in total. The smallest absolute Gasteiger partial charge is 0.258 e. The van der Waals surface area contributed by atoms with Gasteiger partial charge in [0.25, 0.3) is 5.69 Å². The van der Waals surface area contributed by atoms with Crippen LogP contribution in [0.1, 0.15) is 0 Å². The Morgan fingerprint density at radius 3 is 2.79 bits per heavy atom. The van der Waals surface area contributed by atoms with Gasteiger partial charge in [-0.2, -0.15) is 11.3 Å². The van der Waals surface area contributed by atoms with E-state index in [9.17, 15) is 10.1 Å². The molecule has 1 aromatic carbocycles. The molecule has 2 heterocycles. The number of halogens is 1. The van der Waals surface area contributed by atoms with Crippen LogP contribution in [0.25, 0.3) is 22.3 Å². The molecule has 19 heavy (non-hydrogen) atoms. The van der Waals surface area contributed by atoms with Crippen LogP contribution in [0.15, 0.2) is 35.0 Å². The van der Waals surface area contributed by atoms with Crippen molar-refractivity contribution >= 4 is 39.5 Å². The summed E-state index contributed by atoms with van der Waals surface area (Å²) in [6, 6.07) is 6.23. The zero-order valence-corrected chi connectivity index (χ0v) is 11.0. The minimum absolute atomic E-state index is 0.0152. The summed E-state index contributed by atoms with van der Waals surface area (Å²) in [7, 11) is 0. The molecule has 2 aromatic heterocycles. The fourth-order valence-corrected chi connectivity index (χ4v) is 2.59. The van der Waals surface area contributed by atoms with Gasteiger partial charge < -0.3 is 0 Å². The van der Waals surface area contributed by atoms with Crippen molar-refractivity contribution in [2.75, 3.05) is 0 Å². The minimum Gasteiger partial charge on any atom is -0.258 e. The Morgan fingerprint density at radius 1 is 1.26 bits per heavy atom. The molecule has 0 atom stereocenters. The second-order valence-electron chi connectivity index (χ2n) is 3.81. The first-order valence-corrected chi connectivity index (χ1v) is 6.61. The van der Waals surface area contributed by atoms with E-state index in [1.165, 1.54) is 23.5 Å². The molecule has 0 radical (unpaired) electrons. The average molecular weight is 292 g/mol. The summed E-state index contributed by atoms with van der Waals surface area (Å²) < 4.78 is 0. The van der Waals surface area contributed by atoms with Crippen LogP contribution in [-0.4, -0.2) is 14.9 Å². The Bertz CT molecular complexity index is 774. The number of nitro benzene ring substituents is 1. The summed E-state index contributed by atoms with van der Waals surface area (Å²) in [5, 5.41) is 15.5. The van der Waals surface area contributed by atoms with Gasteiger partial charge in [0.1, 0.15) is 5.15 Å². The van der Waals surface area contributed by atoms with Crippen molar-refractivity contribution < 1.29 is 4.92 Å². The molecule has 7 heteroatoms. The third-order valence-corrected chi connectivity index (χ3v) is 3.60. The van der Waals surface area contributed by atoms with Crippen LogP contribution in [-0.2, 0) is 0 Å². The summed E-state index contributed by atoms with van der Waals surface area (Å²) in [6.45, 7) is 0. The van der Waals surface area contributed by atoms with E-state index in [0.29, 0.717) is 21.9 Å². The third kappa shape index (κ3) is 2.16. The molecule has 0 aliphatic carbocycles. The SMILES string of the molecule is O=[N+]([O-])c1ccc2c(Cl)nc(-c3ccsc3)nc2c1. The van der Waals surface area contributed by atoms with E-state index in [-0.39, 0.29) is 5.69 Å². The molecule has 0 saturated heterocycles. The summed E-state index contributed by atoms with van der Waals surface area (Å²) in [6.07, 6.45) is 0. The summed E-state index contributed by atoms with van der Waals surface area (Å²) in [5.74, 6) is 0.472. The highest BCUT2D eigenvalue weighted by atomic mass is 35.5. The van der Waals surface area contributed by atoms with E-state index < -0.39 is 4.92 Å². The second-order valence-corrected chi connectivity index (χ2v) is 4.95. The Hall–Kier alpha value is -2.05. The van der Waals surface area contributed by atoms with Crippen LogP contribution < -0.4 is 0 Å². The van der Waals surface area contributed by atoms with Crippen LogP contribution in [0.3, 0.4) is 0 Å². The van der Waals surface area contributed by atoms with Gasteiger partial charge in [-0.1, -0.05) is 11.6 Å². The Labute approximate surface area is 116 Å². The van der Waals surface area contributed by atoms with Crippen molar-refractivity contribution in [2.45, 2.75) is 0 Å². The molecule has 0 unspecified atom stereocenters. The van der Waals surface area contributed by atoms with Gasteiger partial charge in [-0.15, -0.1) is 0 Å². The minimum atomic E-state index is -0.459. The lowest BCUT2D eigenvalue weighted by Crippen LogP contribution is -1.93. The normalized spacial score (nSPS) is 10.8. The molecule has 0 aliphatic rings. The number of hydrogen-bond acceptors (Lipinski definition) is 5. The topological polar surface area (TPSA) is 68.9 Å². The predicted molar refractivity (Wildman–Crippen MR) is 74.5 cm³/mol. The molecule has 0 saturated carbocycles. The van der Waals surface area contributed by atoms with E-state index in [1.54, 1.807) is 6.07 Å². The maximum absolute atomic E-state index is 10.8. The van der Waals surface area contributed by atoms with Gasteiger partial charge in [0.2, 0.25) is 0 Å².